The Morgan fingerprint density at radius 1 is 1.30 bits per heavy atom. The van der Waals surface area contributed by atoms with Crippen LogP contribution in [0.3, 0.4) is 0 Å². The van der Waals surface area contributed by atoms with Crippen molar-refractivity contribution in [3.05, 3.63) is 65.8 Å². The van der Waals surface area contributed by atoms with Crippen molar-refractivity contribution in [3.63, 3.8) is 0 Å². The number of nitrogens with zero attached hydrogens (tertiary/aromatic N) is 5. The minimum Gasteiger partial charge on any atom is -0.329 e. The molecule has 0 bridgehead atoms. The highest BCUT2D eigenvalue weighted by atomic mass is 16.2. The smallest absolute Gasteiger partial charge is 0.274 e. The van der Waals surface area contributed by atoms with Crippen molar-refractivity contribution in [2.24, 2.45) is 0 Å². The van der Waals surface area contributed by atoms with E-state index in [0.29, 0.717) is 18.2 Å². The summed E-state index contributed by atoms with van der Waals surface area (Å²) in [7, 11) is 0. The maximum absolute atomic E-state index is 13.0. The Bertz CT molecular complexity index is 913. The molecule has 1 aliphatic heterocycles. The van der Waals surface area contributed by atoms with Crippen molar-refractivity contribution < 1.29 is 4.79 Å². The number of amides is 1. The Kier molecular flexibility index (Phi) is 4.75. The average Bonchev–Trinajstić information content (AvgIpc) is 3.42. The third-order valence-electron chi connectivity index (χ3n) is 5.00. The van der Waals surface area contributed by atoms with Gasteiger partial charge in [-0.3, -0.25) is 14.9 Å². The molecule has 1 N–H and O–H groups in total. The molecule has 7 nitrogen and oxygen atoms in total. The lowest BCUT2D eigenvalue weighted by Crippen LogP contribution is -2.31. The van der Waals surface area contributed by atoms with Crippen molar-refractivity contribution in [2.45, 2.75) is 45.2 Å². The number of carbonyl (C=O) groups excluding carboxylic acids is 1. The van der Waals surface area contributed by atoms with Gasteiger partial charge in [-0.1, -0.05) is 19.9 Å². The van der Waals surface area contributed by atoms with Gasteiger partial charge >= 0.3 is 0 Å². The van der Waals surface area contributed by atoms with Crippen LogP contribution >= 0.6 is 0 Å². The molecule has 0 saturated carbocycles. The fourth-order valence-electron chi connectivity index (χ4n) is 3.73. The number of rotatable bonds is 5. The van der Waals surface area contributed by atoms with E-state index in [1.165, 1.54) is 0 Å². The molecule has 1 saturated heterocycles. The van der Waals surface area contributed by atoms with E-state index in [9.17, 15) is 4.79 Å². The fraction of sp³-hybridized carbons (Fsp3) is 0.400. The van der Waals surface area contributed by atoms with Gasteiger partial charge in [0.2, 0.25) is 0 Å². The first-order chi connectivity index (χ1) is 13.1. The predicted molar refractivity (Wildman–Crippen MR) is 101 cm³/mol. The van der Waals surface area contributed by atoms with Gasteiger partial charge in [-0.25, -0.2) is 4.98 Å². The average molecular weight is 364 g/mol. The van der Waals surface area contributed by atoms with Crippen LogP contribution in [0.5, 0.6) is 0 Å². The summed E-state index contributed by atoms with van der Waals surface area (Å²) in [5.74, 6) is 1.32. The summed E-state index contributed by atoms with van der Waals surface area (Å²) in [4.78, 5) is 23.7. The quantitative estimate of drug-likeness (QED) is 0.754. The van der Waals surface area contributed by atoms with E-state index in [0.717, 1.165) is 36.6 Å². The fourth-order valence-corrected chi connectivity index (χ4v) is 3.73. The number of hydrogen-bond acceptors (Lipinski definition) is 4. The number of hydrogen-bond donors (Lipinski definition) is 1. The molecule has 1 amide bonds. The Morgan fingerprint density at radius 3 is 2.96 bits per heavy atom. The van der Waals surface area contributed by atoms with Gasteiger partial charge in [0.05, 0.1) is 24.0 Å². The SMILES string of the molecule is CC(C)c1nccn1Cc1cc(C(=O)N2CCC[C@H]2c2ccccn2)n[nH]1. The van der Waals surface area contributed by atoms with Crippen LogP contribution in [-0.2, 0) is 6.54 Å². The molecule has 140 valence electrons. The third-order valence-corrected chi connectivity index (χ3v) is 5.00. The molecule has 4 heterocycles. The third kappa shape index (κ3) is 3.49. The van der Waals surface area contributed by atoms with E-state index in [1.807, 2.05) is 35.4 Å². The number of aromatic nitrogens is 5. The number of likely N-dealkylation sites (tertiary alicyclic amines) is 1. The van der Waals surface area contributed by atoms with E-state index >= 15 is 0 Å². The Labute approximate surface area is 158 Å². The molecule has 3 aromatic rings. The van der Waals surface area contributed by atoms with Crippen LogP contribution in [0.1, 0.15) is 66.3 Å². The molecule has 1 fully saturated rings. The van der Waals surface area contributed by atoms with E-state index < -0.39 is 0 Å². The second-order valence-electron chi connectivity index (χ2n) is 7.26. The highest BCUT2D eigenvalue weighted by Gasteiger charge is 2.32. The topological polar surface area (TPSA) is 79.7 Å². The molecule has 4 rings (SSSR count). The molecule has 27 heavy (non-hydrogen) atoms. The lowest BCUT2D eigenvalue weighted by Gasteiger charge is -2.23. The predicted octanol–water partition coefficient (Wildman–Crippen LogP) is 3.15. The molecule has 0 spiro atoms. The minimum absolute atomic E-state index is 0.0278. The lowest BCUT2D eigenvalue weighted by atomic mass is 10.1. The molecule has 0 aromatic carbocycles. The van der Waals surface area contributed by atoms with Crippen molar-refractivity contribution in [3.8, 4) is 0 Å². The van der Waals surface area contributed by atoms with Gasteiger partial charge in [0, 0.05) is 31.1 Å². The molecule has 1 aliphatic rings. The molecule has 0 radical (unpaired) electrons. The second kappa shape index (κ2) is 7.34. The van der Waals surface area contributed by atoms with Crippen LogP contribution in [0.2, 0.25) is 0 Å². The van der Waals surface area contributed by atoms with Gasteiger partial charge < -0.3 is 9.47 Å². The van der Waals surface area contributed by atoms with Crippen LogP contribution in [0, 0.1) is 0 Å². The van der Waals surface area contributed by atoms with Crippen molar-refractivity contribution >= 4 is 5.91 Å². The van der Waals surface area contributed by atoms with Gasteiger partial charge in [0.1, 0.15) is 11.5 Å². The Balaban J connectivity index is 1.51. The molecular formula is C20H24N6O. The first-order valence-corrected chi connectivity index (χ1v) is 9.40. The number of imidazole rings is 1. The number of pyridine rings is 1. The maximum atomic E-state index is 13.0. The first-order valence-electron chi connectivity index (χ1n) is 9.40. The van der Waals surface area contributed by atoms with Gasteiger partial charge in [0.25, 0.3) is 5.91 Å². The van der Waals surface area contributed by atoms with E-state index in [1.54, 1.807) is 12.4 Å². The lowest BCUT2D eigenvalue weighted by molar-refractivity contribution is 0.0727. The zero-order chi connectivity index (χ0) is 18.8. The summed E-state index contributed by atoms with van der Waals surface area (Å²) in [5.41, 5.74) is 2.30. The van der Waals surface area contributed by atoms with Crippen molar-refractivity contribution in [2.75, 3.05) is 6.54 Å². The first kappa shape index (κ1) is 17.5. The van der Waals surface area contributed by atoms with Crippen LogP contribution in [0.25, 0.3) is 0 Å². The van der Waals surface area contributed by atoms with Crippen molar-refractivity contribution in [1.82, 2.24) is 29.6 Å². The highest BCUT2D eigenvalue weighted by Crippen LogP contribution is 2.31. The van der Waals surface area contributed by atoms with Gasteiger partial charge in [-0.05, 0) is 31.0 Å². The van der Waals surface area contributed by atoms with Crippen molar-refractivity contribution in [1.29, 1.82) is 0 Å². The second-order valence-corrected chi connectivity index (χ2v) is 7.26. The van der Waals surface area contributed by atoms with Crippen LogP contribution in [0.15, 0.2) is 42.9 Å². The van der Waals surface area contributed by atoms with Crippen LogP contribution < -0.4 is 0 Å². The Morgan fingerprint density at radius 2 is 2.19 bits per heavy atom. The molecule has 7 heteroatoms. The molecule has 1 atom stereocenters. The van der Waals surface area contributed by atoms with Gasteiger partial charge in [-0.15, -0.1) is 0 Å². The maximum Gasteiger partial charge on any atom is 0.274 e. The van der Waals surface area contributed by atoms with Crippen LogP contribution in [-0.4, -0.2) is 42.1 Å². The number of aromatic amines is 1. The number of carbonyl (C=O) groups is 1. The minimum atomic E-state index is -0.0413. The highest BCUT2D eigenvalue weighted by molar-refractivity contribution is 5.92. The summed E-state index contributed by atoms with van der Waals surface area (Å²) in [6.07, 6.45) is 7.46. The summed E-state index contributed by atoms with van der Waals surface area (Å²) in [5, 5.41) is 7.28. The normalized spacial score (nSPS) is 17.0. The number of H-pyrrole nitrogens is 1. The molecule has 0 aliphatic carbocycles. The molecule has 0 unspecified atom stereocenters. The largest absolute Gasteiger partial charge is 0.329 e. The summed E-state index contributed by atoms with van der Waals surface area (Å²) < 4.78 is 2.08. The molecule has 3 aromatic heterocycles. The summed E-state index contributed by atoms with van der Waals surface area (Å²) >= 11 is 0. The van der Waals surface area contributed by atoms with E-state index in [2.05, 4.69) is 38.6 Å². The molecular weight excluding hydrogens is 340 g/mol. The number of nitrogens with one attached hydrogen (secondary N) is 1. The standard InChI is InChI=1S/C20H24N6O/c1-14(2)19-22-9-11-25(19)13-15-12-17(24-23-15)20(27)26-10-5-7-18(26)16-6-3-4-8-21-16/h3-4,6,8-9,11-12,14,18H,5,7,10,13H2,1-2H3,(H,23,24)/t18-/m0/s1. The van der Waals surface area contributed by atoms with E-state index in [4.69, 9.17) is 0 Å². The van der Waals surface area contributed by atoms with E-state index in [-0.39, 0.29) is 11.9 Å². The zero-order valence-electron chi connectivity index (χ0n) is 15.7. The van der Waals surface area contributed by atoms with Crippen LogP contribution in [0.4, 0.5) is 0 Å². The monoisotopic (exact) mass is 364 g/mol. The zero-order valence-corrected chi connectivity index (χ0v) is 15.7. The Hall–Kier alpha value is -2.96. The van der Waals surface area contributed by atoms with Gasteiger partial charge in [-0.2, -0.15) is 5.10 Å². The summed E-state index contributed by atoms with van der Waals surface area (Å²) in [6, 6.07) is 7.72. The summed E-state index contributed by atoms with van der Waals surface area (Å²) in [6.45, 7) is 5.59. The van der Waals surface area contributed by atoms with Gasteiger partial charge in [0.15, 0.2) is 0 Å².